The number of carbonyl (C=O) groups excluding carboxylic acids is 2. The fourth-order valence-corrected chi connectivity index (χ4v) is 2.71. The summed E-state index contributed by atoms with van der Waals surface area (Å²) in [6.07, 6.45) is 0. The number of urea groups is 1. The number of ether oxygens (including phenoxy) is 4. The Hall–Kier alpha value is -2.90. The average Bonchev–Trinajstić information content (AvgIpc) is 2.93. The molecule has 122 valence electrons. The van der Waals surface area contributed by atoms with Crippen molar-refractivity contribution in [3.63, 3.8) is 0 Å². The molecule has 3 rings (SSSR count). The van der Waals surface area contributed by atoms with E-state index in [0.717, 1.165) is 0 Å². The predicted molar refractivity (Wildman–Crippen MR) is 78.5 cm³/mol. The van der Waals surface area contributed by atoms with Gasteiger partial charge >= 0.3 is 12.0 Å². The normalized spacial score (nSPS) is 19.5. The molecule has 0 aliphatic carbocycles. The van der Waals surface area contributed by atoms with Gasteiger partial charge in [-0.15, -0.1) is 0 Å². The van der Waals surface area contributed by atoms with E-state index < -0.39 is 18.0 Å². The van der Waals surface area contributed by atoms with Crippen molar-refractivity contribution in [3.8, 4) is 17.2 Å². The summed E-state index contributed by atoms with van der Waals surface area (Å²) in [7, 11) is 4.49. The van der Waals surface area contributed by atoms with Crippen molar-refractivity contribution < 1.29 is 28.5 Å². The highest BCUT2D eigenvalue weighted by Gasteiger charge is 2.38. The van der Waals surface area contributed by atoms with Gasteiger partial charge in [0.15, 0.2) is 11.5 Å². The van der Waals surface area contributed by atoms with Gasteiger partial charge < -0.3 is 29.6 Å². The summed E-state index contributed by atoms with van der Waals surface area (Å²) in [6.45, 7) is 0.0580. The molecule has 1 atom stereocenters. The third kappa shape index (κ3) is 2.41. The van der Waals surface area contributed by atoms with Crippen LogP contribution in [0.5, 0.6) is 17.2 Å². The number of methoxy groups -OCH3 is 3. The molecule has 8 heteroatoms. The van der Waals surface area contributed by atoms with Gasteiger partial charge in [0.1, 0.15) is 6.61 Å². The van der Waals surface area contributed by atoms with E-state index in [2.05, 4.69) is 10.6 Å². The van der Waals surface area contributed by atoms with Gasteiger partial charge in [-0.25, -0.2) is 9.59 Å². The number of carbonyl (C=O) groups is 2. The molecule has 2 heterocycles. The van der Waals surface area contributed by atoms with Crippen molar-refractivity contribution in [3.05, 3.63) is 29.0 Å². The fraction of sp³-hybridized carbons (Fsp3) is 0.333. The Morgan fingerprint density at radius 2 is 1.74 bits per heavy atom. The fourth-order valence-electron chi connectivity index (χ4n) is 2.71. The van der Waals surface area contributed by atoms with E-state index in [9.17, 15) is 9.59 Å². The van der Waals surface area contributed by atoms with Crippen LogP contribution in [-0.4, -0.2) is 39.9 Å². The Morgan fingerprint density at radius 3 is 2.30 bits per heavy atom. The van der Waals surface area contributed by atoms with Crippen LogP contribution in [0.2, 0.25) is 0 Å². The lowest BCUT2D eigenvalue weighted by Crippen LogP contribution is -2.44. The number of cyclic esters (lactones) is 1. The third-order valence-corrected chi connectivity index (χ3v) is 3.74. The topological polar surface area (TPSA) is 95.1 Å². The molecular weight excluding hydrogens is 304 g/mol. The van der Waals surface area contributed by atoms with E-state index >= 15 is 0 Å². The van der Waals surface area contributed by atoms with Crippen molar-refractivity contribution >= 4 is 12.0 Å². The quantitative estimate of drug-likeness (QED) is 0.800. The molecule has 2 aliphatic heterocycles. The zero-order valence-electron chi connectivity index (χ0n) is 12.9. The number of amides is 2. The first-order chi connectivity index (χ1) is 11.1. The summed E-state index contributed by atoms with van der Waals surface area (Å²) in [5.41, 5.74) is 1.47. The first kappa shape index (κ1) is 15.0. The second-order valence-corrected chi connectivity index (χ2v) is 4.96. The van der Waals surface area contributed by atoms with Crippen molar-refractivity contribution in [1.82, 2.24) is 10.6 Å². The minimum absolute atomic E-state index is 0.0580. The molecule has 0 spiro atoms. The Kier molecular flexibility index (Phi) is 3.73. The van der Waals surface area contributed by atoms with E-state index in [1.54, 1.807) is 12.1 Å². The molecule has 1 aromatic carbocycles. The molecule has 0 saturated heterocycles. The monoisotopic (exact) mass is 320 g/mol. The van der Waals surface area contributed by atoms with Gasteiger partial charge in [-0.2, -0.15) is 0 Å². The van der Waals surface area contributed by atoms with Crippen LogP contribution in [0.25, 0.3) is 0 Å². The highest BCUT2D eigenvalue weighted by molar-refractivity contribution is 5.97. The highest BCUT2D eigenvalue weighted by Crippen LogP contribution is 2.42. The predicted octanol–water partition coefficient (Wildman–Crippen LogP) is 0.877. The standard InChI is InChI=1S/C15H16N2O6/c1-20-9-4-7(5-10(21-2)13(9)22-3)12-11-8(6-23-14(11)18)16-15(19)17-12/h4-5,12H,6H2,1-3H3,(H2,16,17,19)/t12-/m0/s1. The SMILES string of the molecule is COc1cc([C@@H]2NC(=O)NC3=C2C(=O)OC3)cc(OC)c1OC. The van der Waals surface area contributed by atoms with Crippen LogP contribution in [0.3, 0.4) is 0 Å². The maximum absolute atomic E-state index is 12.0. The number of hydrogen-bond acceptors (Lipinski definition) is 6. The minimum atomic E-state index is -0.651. The first-order valence-corrected chi connectivity index (χ1v) is 6.86. The van der Waals surface area contributed by atoms with E-state index in [4.69, 9.17) is 18.9 Å². The van der Waals surface area contributed by atoms with Crippen LogP contribution in [-0.2, 0) is 9.53 Å². The molecule has 2 N–H and O–H groups in total. The molecule has 23 heavy (non-hydrogen) atoms. The molecule has 1 aromatic rings. The average molecular weight is 320 g/mol. The van der Waals surface area contributed by atoms with Gasteiger partial charge in [0, 0.05) is 0 Å². The molecule has 8 nitrogen and oxygen atoms in total. The molecule has 0 saturated carbocycles. The van der Waals surface area contributed by atoms with Crippen LogP contribution in [0, 0.1) is 0 Å². The van der Waals surface area contributed by atoms with Gasteiger partial charge in [0.05, 0.1) is 38.6 Å². The van der Waals surface area contributed by atoms with E-state index in [1.165, 1.54) is 21.3 Å². The lowest BCUT2D eigenvalue weighted by Gasteiger charge is -2.25. The molecule has 0 aromatic heterocycles. The van der Waals surface area contributed by atoms with Crippen molar-refractivity contribution in [1.29, 1.82) is 0 Å². The number of hydrogen-bond donors (Lipinski definition) is 2. The molecule has 0 radical (unpaired) electrons. The van der Waals surface area contributed by atoms with Crippen molar-refractivity contribution in [2.45, 2.75) is 6.04 Å². The van der Waals surface area contributed by atoms with Crippen LogP contribution in [0.1, 0.15) is 11.6 Å². The van der Waals surface area contributed by atoms with Crippen molar-refractivity contribution in [2.75, 3.05) is 27.9 Å². The van der Waals surface area contributed by atoms with Crippen LogP contribution >= 0.6 is 0 Å². The molecule has 0 unspecified atom stereocenters. The molecule has 0 bridgehead atoms. The molecule has 2 aliphatic rings. The Balaban J connectivity index is 2.12. The van der Waals surface area contributed by atoms with Gasteiger partial charge in [0.25, 0.3) is 0 Å². The zero-order valence-corrected chi connectivity index (χ0v) is 12.9. The third-order valence-electron chi connectivity index (χ3n) is 3.74. The summed E-state index contributed by atoms with van der Waals surface area (Å²) in [5.74, 6) is 0.833. The number of benzene rings is 1. The highest BCUT2D eigenvalue weighted by atomic mass is 16.5. The summed E-state index contributed by atoms with van der Waals surface area (Å²) >= 11 is 0. The van der Waals surface area contributed by atoms with E-state index in [1.807, 2.05) is 0 Å². The van der Waals surface area contributed by atoms with Crippen LogP contribution in [0.15, 0.2) is 23.4 Å². The second-order valence-electron chi connectivity index (χ2n) is 4.96. The van der Waals surface area contributed by atoms with Crippen molar-refractivity contribution in [2.24, 2.45) is 0 Å². The maximum Gasteiger partial charge on any atom is 0.338 e. The summed E-state index contributed by atoms with van der Waals surface area (Å²) < 4.78 is 20.9. The lowest BCUT2D eigenvalue weighted by molar-refractivity contribution is -0.136. The van der Waals surface area contributed by atoms with E-state index in [-0.39, 0.29) is 6.61 Å². The van der Waals surface area contributed by atoms with Gasteiger partial charge in [-0.3, -0.25) is 0 Å². The number of nitrogens with one attached hydrogen (secondary N) is 2. The van der Waals surface area contributed by atoms with Crippen LogP contribution < -0.4 is 24.8 Å². The molecule has 2 amide bonds. The summed E-state index contributed by atoms with van der Waals surface area (Å²) in [4.78, 5) is 23.8. The largest absolute Gasteiger partial charge is 0.493 e. The van der Waals surface area contributed by atoms with Gasteiger partial charge in [0.2, 0.25) is 5.75 Å². The first-order valence-electron chi connectivity index (χ1n) is 6.86. The molecular formula is C15H16N2O6. The molecule has 0 fully saturated rings. The zero-order chi connectivity index (χ0) is 16.6. The number of esters is 1. The second kappa shape index (κ2) is 5.71. The Bertz CT molecular complexity index is 687. The Labute approximate surface area is 132 Å². The lowest BCUT2D eigenvalue weighted by atomic mass is 9.95. The van der Waals surface area contributed by atoms with Crippen LogP contribution in [0.4, 0.5) is 4.79 Å². The van der Waals surface area contributed by atoms with Gasteiger partial charge in [-0.1, -0.05) is 0 Å². The van der Waals surface area contributed by atoms with E-state index in [0.29, 0.717) is 34.1 Å². The summed E-state index contributed by atoms with van der Waals surface area (Å²) in [5, 5.41) is 5.30. The Morgan fingerprint density at radius 1 is 1.09 bits per heavy atom. The maximum atomic E-state index is 12.0. The smallest absolute Gasteiger partial charge is 0.338 e. The summed E-state index contributed by atoms with van der Waals surface area (Å²) in [6, 6.07) is 2.32. The number of rotatable bonds is 4. The minimum Gasteiger partial charge on any atom is -0.493 e. The van der Waals surface area contributed by atoms with Gasteiger partial charge in [-0.05, 0) is 17.7 Å².